The van der Waals surface area contributed by atoms with Gasteiger partial charge in [-0.1, -0.05) is 13.8 Å². The van der Waals surface area contributed by atoms with Crippen LogP contribution in [0, 0.1) is 12.7 Å². The zero-order chi connectivity index (χ0) is 22.4. The summed E-state index contributed by atoms with van der Waals surface area (Å²) in [5.74, 6) is 0.681. The summed E-state index contributed by atoms with van der Waals surface area (Å²) in [5, 5.41) is 3.63. The van der Waals surface area contributed by atoms with E-state index in [9.17, 15) is 9.18 Å². The average Bonchev–Trinajstić information content (AvgIpc) is 3.06. The molecule has 1 aromatic heterocycles. The summed E-state index contributed by atoms with van der Waals surface area (Å²) in [4.78, 5) is 18.2. The fourth-order valence-corrected chi connectivity index (χ4v) is 3.64. The minimum absolute atomic E-state index is 0.138. The molecule has 0 unspecified atom stereocenters. The Balaban J connectivity index is 1.70. The largest absolute Gasteiger partial charge is 0.493 e. The van der Waals surface area contributed by atoms with Crippen LogP contribution in [0.4, 0.5) is 10.1 Å². The van der Waals surface area contributed by atoms with Gasteiger partial charge in [0.05, 0.1) is 13.5 Å². The third kappa shape index (κ3) is 5.55. The number of ether oxygens (including phenoxy) is 2. The number of hydrogen-bond donors (Lipinski definition) is 2. The van der Waals surface area contributed by atoms with Gasteiger partial charge >= 0.3 is 0 Å². The van der Waals surface area contributed by atoms with Crippen molar-refractivity contribution < 1.29 is 18.7 Å². The second-order valence-corrected chi connectivity index (χ2v) is 7.38. The molecular formula is C24H30FN3O3. The number of fused-ring (bicyclic) bond motifs is 1. The molecule has 0 aliphatic rings. The zero-order valence-corrected chi connectivity index (χ0v) is 18.5. The highest BCUT2D eigenvalue weighted by Gasteiger charge is 2.15. The Labute approximate surface area is 182 Å². The lowest BCUT2D eigenvalue weighted by molar-refractivity contribution is -0.115. The second kappa shape index (κ2) is 10.3. The number of nitrogens with zero attached hydrogens (tertiary/aromatic N) is 1. The first-order valence-electron chi connectivity index (χ1n) is 10.5. The number of aromatic nitrogens is 1. The molecule has 1 amide bonds. The smallest absolute Gasteiger partial charge is 0.228 e. The Kier molecular flexibility index (Phi) is 7.52. The number of nitrogens with one attached hydrogen (secondary N) is 2. The molecule has 2 aromatic carbocycles. The second-order valence-electron chi connectivity index (χ2n) is 7.38. The van der Waals surface area contributed by atoms with Crippen LogP contribution >= 0.6 is 0 Å². The SMILES string of the molecule is CCN(CC)CCOc1cc(NC(=O)Cc2c(C)[nH]c3ccc(F)cc23)ccc1OC. The Morgan fingerprint density at radius 1 is 1.13 bits per heavy atom. The maximum Gasteiger partial charge on any atom is 0.228 e. The number of halogens is 1. The van der Waals surface area contributed by atoms with Crippen LogP contribution in [0.15, 0.2) is 36.4 Å². The molecule has 0 saturated carbocycles. The van der Waals surface area contributed by atoms with Crippen molar-refractivity contribution in [2.45, 2.75) is 27.2 Å². The Hall–Kier alpha value is -3.06. The van der Waals surface area contributed by atoms with Crippen molar-refractivity contribution in [2.24, 2.45) is 0 Å². The summed E-state index contributed by atoms with van der Waals surface area (Å²) >= 11 is 0. The van der Waals surface area contributed by atoms with E-state index in [1.54, 1.807) is 31.4 Å². The topological polar surface area (TPSA) is 66.6 Å². The molecule has 0 aliphatic heterocycles. The minimum Gasteiger partial charge on any atom is -0.493 e. The number of benzene rings is 2. The Bertz CT molecular complexity index is 1040. The van der Waals surface area contributed by atoms with Gasteiger partial charge in [0, 0.05) is 34.9 Å². The average molecular weight is 428 g/mol. The first-order valence-corrected chi connectivity index (χ1v) is 10.5. The molecule has 0 spiro atoms. The number of hydrogen-bond acceptors (Lipinski definition) is 4. The summed E-state index contributed by atoms with van der Waals surface area (Å²) in [6.45, 7) is 9.37. The van der Waals surface area contributed by atoms with Gasteiger partial charge in [-0.15, -0.1) is 0 Å². The predicted octanol–water partition coefficient (Wildman–Crippen LogP) is 4.53. The molecule has 0 fully saturated rings. The van der Waals surface area contributed by atoms with Crippen LogP contribution in [0.3, 0.4) is 0 Å². The van der Waals surface area contributed by atoms with Crippen LogP contribution in [-0.2, 0) is 11.2 Å². The van der Waals surface area contributed by atoms with Gasteiger partial charge in [0.2, 0.25) is 5.91 Å². The standard InChI is InChI=1S/C24H30FN3O3/c1-5-28(6-2)11-12-31-23-14-18(8-10-22(23)30-4)27-24(29)15-19-16(3)26-21-9-7-17(25)13-20(19)21/h7-10,13-14,26H,5-6,11-12,15H2,1-4H3,(H,27,29). The molecular weight excluding hydrogens is 397 g/mol. The molecule has 6 nitrogen and oxygen atoms in total. The maximum absolute atomic E-state index is 13.7. The van der Waals surface area contributed by atoms with E-state index < -0.39 is 0 Å². The molecule has 3 rings (SSSR count). The molecule has 31 heavy (non-hydrogen) atoms. The van der Waals surface area contributed by atoms with Gasteiger partial charge in [-0.05, 0) is 55.9 Å². The van der Waals surface area contributed by atoms with Gasteiger partial charge in [-0.2, -0.15) is 0 Å². The molecule has 0 saturated heterocycles. The van der Waals surface area contributed by atoms with E-state index in [1.807, 2.05) is 6.92 Å². The normalized spacial score (nSPS) is 11.2. The first-order chi connectivity index (χ1) is 14.9. The van der Waals surface area contributed by atoms with Crippen molar-refractivity contribution in [2.75, 3.05) is 38.7 Å². The van der Waals surface area contributed by atoms with Gasteiger partial charge in [-0.3, -0.25) is 4.79 Å². The summed E-state index contributed by atoms with van der Waals surface area (Å²) in [5.41, 5.74) is 3.07. The van der Waals surface area contributed by atoms with Gasteiger partial charge in [0.1, 0.15) is 12.4 Å². The molecule has 0 bridgehead atoms. The van der Waals surface area contributed by atoms with Crippen LogP contribution in [-0.4, -0.2) is 49.1 Å². The van der Waals surface area contributed by atoms with E-state index in [2.05, 4.69) is 29.0 Å². The van der Waals surface area contributed by atoms with Crippen molar-refractivity contribution in [1.82, 2.24) is 9.88 Å². The van der Waals surface area contributed by atoms with E-state index in [4.69, 9.17) is 9.47 Å². The lowest BCUT2D eigenvalue weighted by Crippen LogP contribution is -2.28. The van der Waals surface area contributed by atoms with Crippen molar-refractivity contribution in [3.05, 3.63) is 53.5 Å². The van der Waals surface area contributed by atoms with Crippen molar-refractivity contribution in [3.8, 4) is 11.5 Å². The Morgan fingerprint density at radius 2 is 1.90 bits per heavy atom. The number of likely N-dealkylation sites (N-methyl/N-ethyl adjacent to an activating group) is 1. The van der Waals surface area contributed by atoms with Crippen molar-refractivity contribution >= 4 is 22.5 Å². The summed E-state index contributed by atoms with van der Waals surface area (Å²) < 4.78 is 25.0. The highest BCUT2D eigenvalue weighted by molar-refractivity contribution is 5.96. The van der Waals surface area contributed by atoms with Gasteiger partial charge in [0.25, 0.3) is 0 Å². The molecule has 3 aromatic rings. The summed E-state index contributed by atoms with van der Waals surface area (Å²) in [6, 6.07) is 9.85. The van der Waals surface area contributed by atoms with Crippen molar-refractivity contribution in [1.29, 1.82) is 0 Å². The number of H-pyrrole nitrogens is 1. The lowest BCUT2D eigenvalue weighted by Gasteiger charge is -2.19. The van der Waals surface area contributed by atoms with E-state index in [0.29, 0.717) is 23.8 Å². The molecule has 0 aliphatic carbocycles. The number of carbonyl (C=O) groups excluding carboxylic acids is 1. The number of rotatable bonds is 10. The molecule has 166 valence electrons. The van der Waals surface area contributed by atoms with E-state index in [-0.39, 0.29) is 18.1 Å². The highest BCUT2D eigenvalue weighted by atomic mass is 19.1. The van der Waals surface area contributed by atoms with Gasteiger partial charge in [0.15, 0.2) is 11.5 Å². The zero-order valence-electron chi connectivity index (χ0n) is 18.5. The number of amides is 1. The number of anilines is 1. The highest BCUT2D eigenvalue weighted by Crippen LogP contribution is 2.30. The van der Waals surface area contributed by atoms with Crippen LogP contribution in [0.5, 0.6) is 11.5 Å². The molecule has 2 N–H and O–H groups in total. The fraction of sp³-hybridized carbons (Fsp3) is 0.375. The van der Waals surface area contributed by atoms with Crippen LogP contribution in [0.2, 0.25) is 0 Å². The third-order valence-electron chi connectivity index (χ3n) is 5.43. The molecule has 7 heteroatoms. The summed E-state index contributed by atoms with van der Waals surface area (Å²) in [6.07, 6.45) is 0.138. The van der Waals surface area contributed by atoms with Crippen LogP contribution in [0.1, 0.15) is 25.1 Å². The van der Waals surface area contributed by atoms with E-state index in [0.717, 1.165) is 41.8 Å². The Morgan fingerprint density at radius 3 is 2.61 bits per heavy atom. The monoisotopic (exact) mass is 427 g/mol. The molecule has 0 atom stereocenters. The predicted molar refractivity (Wildman–Crippen MR) is 122 cm³/mol. The van der Waals surface area contributed by atoms with E-state index in [1.165, 1.54) is 12.1 Å². The van der Waals surface area contributed by atoms with Crippen LogP contribution < -0.4 is 14.8 Å². The van der Waals surface area contributed by atoms with E-state index >= 15 is 0 Å². The number of aryl methyl sites for hydroxylation is 1. The lowest BCUT2D eigenvalue weighted by atomic mass is 10.1. The number of methoxy groups -OCH3 is 1. The van der Waals surface area contributed by atoms with Crippen LogP contribution in [0.25, 0.3) is 10.9 Å². The van der Waals surface area contributed by atoms with Gasteiger partial charge < -0.3 is 24.7 Å². The van der Waals surface area contributed by atoms with Crippen molar-refractivity contribution in [3.63, 3.8) is 0 Å². The minimum atomic E-state index is -0.324. The number of aromatic amines is 1. The van der Waals surface area contributed by atoms with Gasteiger partial charge in [-0.25, -0.2) is 4.39 Å². The maximum atomic E-state index is 13.7. The third-order valence-corrected chi connectivity index (χ3v) is 5.43. The number of carbonyl (C=O) groups is 1. The fourth-order valence-electron chi connectivity index (χ4n) is 3.64. The summed E-state index contributed by atoms with van der Waals surface area (Å²) in [7, 11) is 1.59. The quantitative estimate of drug-likeness (QED) is 0.499. The molecule has 1 heterocycles. The molecule has 0 radical (unpaired) electrons. The first kappa shape index (κ1) is 22.6.